The average molecular weight is 309 g/mol. The lowest BCUT2D eigenvalue weighted by Crippen LogP contribution is -2.07. The summed E-state index contributed by atoms with van der Waals surface area (Å²) in [4.78, 5) is 5.92. The third-order valence-electron chi connectivity index (χ3n) is 3.43. The van der Waals surface area contributed by atoms with Gasteiger partial charge in [-0.1, -0.05) is 18.1 Å². The average Bonchev–Trinajstić information content (AvgIpc) is 2.58. The van der Waals surface area contributed by atoms with Crippen molar-refractivity contribution in [1.29, 1.82) is 0 Å². The predicted octanol–water partition coefficient (Wildman–Crippen LogP) is 3.46. The zero-order chi connectivity index (χ0) is 16.8. The van der Waals surface area contributed by atoms with Crippen LogP contribution in [0.2, 0.25) is 0 Å². The quantitative estimate of drug-likeness (QED) is 0.752. The van der Waals surface area contributed by atoms with E-state index in [1.807, 2.05) is 56.4 Å². The van der Waals surface area contributed by atoms with Gasteiger partial charge in [0, 0.05) is 32.4 Å². The van der Waals surface area contributed by atoms with E-state index in [1.54, 1.807) is 23.6 Å². The number of hydrogen-bond acceptors (Lipinski definition) is 2. The standard InChI is InChI=1S/C19H20FN3/c1-15-21-19(20)8-6-5-7-18(23(15)4)14-11-16-9-12-17(13-10-16)22(2)3/h5-10,12-13H,1-4H3. The lowest BCUT2D eigenvalue weighted by atomic mass is 10.2. The smallest absolute Gasteiger partial charge is 0.214 e. The Balaban J connectivity index is 2.43. The van der Waals surface area contributed by atoms with Gasteiger partial charge in [-0.15, -0.1) is 0 Å². The van der Waals surface area contributed by atoms with E-state index in [9.17, 15) is 4.39 Å². The number of anilines is 1. The van der Waals surface area contributed by atoms with Crippen LogP contribution in [0.25, 0.3) is 0 Å². The van der Waals surface area contributed by atoms with Crippen molar-refractivity contribution in [3.05, 3.63) is 71.6 Å². The highest BCUT2D eigenvalue weighted by atomic mass is 19.1. The van der Waals surface area contributed by atoms with Gasteiger partial charge in [0.25, 0.3) is 0 Å². The maximum absolute atomic E-state index is 13.4. The zero-order valence-corrected chi connectivity index (χ0v) is 13.8. The molecular weight excluding hydrogens is 289 g/mol. The second-order valence-electron chi connectivity index (χ2n) is 5.34. The lowest BCUT2D eigenvalue weighted by Gasteiger charge is -2.11. The van der Waals surface area contributed by atoms with E-state index in [-0.39, 0.29) is 0 Å². The van der Waals surface area contributed by atoms with Crippen LogP contribution < -0.4 is 4.90 Å². The van der Waals surface area contributed by atoms with Gasteiger partial charge in [0.2, 0.25) is 5.95 Å². The lowest BCUT2D eigenvalue weighted by molar-refractivity contribution is 0.574. The van der Waals surface area contributed by atoms with Crippen molar-refractivity contribution in [2.45, 2.75) is 6.92 Å². The van der Waals surface area contributed by atoms with Gasteiger partial charge in [0.1, 0.15) is 5.82 Å². The first-order valence-corrected chi connectivity index (χ1v) is 7.30. The number of benzene rings is 1. The van der Waals surface area contributed by atoms with Gasteiger partial charge in [0.05, 0.1) is 5.69 Å². The Hall–Kier alpha value is -2.80. The molecule has 2 rings (SSSR count). The molecule has 0 bridgehead atoms. The van der Waals surface area contributed by atoms with Crippen molar-refractivity contribution in [2.24, 2.45) is 7.05 Å². The van der Waals surface area contributed by atoms with Gasteiger partial charge < -0.3 is 9.47 Å². The van der Waals surface area contributed by atoms with Gasteiger partial charge in [-0.2, -0.15) is 4.39 Å². The zero-order valence-electron chi connectivity index (χ0n) is 13.8. The van der Waals surface area contributed by atoms with Crippen LogP contribution in [-0.2, 0) is 7.05 Å². The molecule has 0 radical (unpaired) electrons. The summed E-state index contributed by atoms with van der Waals surface area (Å²) in [6, 6.07) is 14.5. The molecule has 118 valence electrons. The van der Waals surface area contributed by atoms with E-state index in [4.69, 9.17) is 0 Å². The van der Waals surface area contributed by atoms with E-state index in [2.05, 4.69) is 16.8 Å². The minimum atomic E-state index is -0.521. The van der Waals surface area contributed by atoms with E-state index in [0.717, 1.165) is 16.9 Å². The summed E-state index contributed by atoms with van der Waals surface area (Å²) >= 11 is 0. The molecule has 0 atom stereocenters. The first kappa shape index (κ1) is 16.6. The third kappa shape index (κ3) is 4.58. The minimum Gasteiger partial charge on any atom is -0.378 e. The highest BCUT2D eigenvalue weighted by Crippen LogP contribution is 2.11. The molecule has 2 aromatic rings. The minimum absolute atomic E-state index is 0.521. The van der Waals surface area contributed by atoms with Crippen LogP contribution >= 0.6 is 0 Å². The van der Waals surface area contributed by atoms with Crippen molar-refractivity contribution >= 4 is 5.69 Å². The molecule has 1 aromatic heterocycles. The van der Waals surface area contributed by atoms with Crippen LogP contribution in [-0.4, -0.2) is 23.6 Å². The SMILES string of the molecule is Cc1nc(F)ccccc(C#Cc2ccc(N(C)C)cc2)n1C. The van der Waals surface area contributed by atoms with E-state index < -0.39 is 5.95 Å². The fourth-order valence-corrected chi connectivity index (χ4v) is 1.94. The van der Waals surface area contributed by atoms with E-state index >= 15 is 0 Å². The molecular formula is C19H20FN3. The highest BCUT2D eigenvalue weighted by Gasteiger charge is 1.96. The van der Waals surface area contributed by atoms with Crippen LogP contribution in [0.1, 0.15) is 17.1 Å². The summed E-state index contributed by atoms with van der Waals surface area (Å²) in [6.45, 7) is 1.75. The third-order valence-corrected chi connectivity index (χ3v) is 3.43. The molecule has 0 unspecified atom stereocenters. The van der Waals surface area contributed by atoms with Crippen molar-refractivity contribution in [3.63, 3.8) is 0 Å². The second kappa shape index (κ2) is 7.46. The molecule has 0 aliphatic rings. The fraction of sp³-hybridized carbons (Fsp3) is 0.211. The van der Waals surface area contributed by atoms with Gasteiger partial charge in [-0.25, -0.2) is 4.98 Å². The highest BCUT2D eigenvalue weighted by molar-refractivity contribution is 5.50. The number of rotatable bonds is 1. The van der Waals surface area contributed by atoms with Gasteiger partial charge >= 0.3 is 0 Å². The molecule has 0 fully saturated rings. The van der Waals surface area contributed by atoms with Crippen LogP contribution in [0.5, 0.6) is 0 Å². The number of halogens is 1. The Bertz CT molecular complexity index is 792. The van der Waals surface area contributed by atoms with Crippen molar-refractivity contribution in [2.75, 3.05) is 19.0 Å². The molecule has 4 heteroatoms. The maximum Gasteiger partial charge on any atom is 0.214 e. The fourth-order valence-electron chi connectivity index (χ4n) is 1.94. The second-order valence-corrected chi connectivity index (χ2v) is 5.34. The number of nitrogens with zero attached hydrogens (tertiary/aromatic N) is 3. The summed E-state index contributed by atoms with van der Waals surface area (Å²) in [5, 5.41) is 0. The Kier molecular flexibility index (Phi) is 5.37. The monoisotopic (exact) mass is 309 g/mol. The molecule has 0 amide bonds. The van der Waals surface area contributed by atoms with Crippen molar-refractivity contribution in [3.8, 4) is 11.8 Å². The molecule has 23 heavy (non-hydrogen) atoms. The summed E-state index contributed by atoms with van der Waals surface area (Å²) < 4.78 is 15.2. The van der Waals surface area contributed by atoms with Crippen LogP contribution in [0, 0.1) is 24.7 Å². The topological polar surface area (TPSA) is 21.1 Å². The molecule has 0 aliphatic carbocycles. The van der Waals surface area contributed by atoms with E-state index in [1.165, 1.54) is 6.07 Å². The van der Waals surface area contributed by atoms with Crippen LogP contribution in [0.3, 0.4) is 0 Å². The number of hydrogen-bond donors (Lipinski definition) is 0. The van der Waals surface area contributed by atoms with Crippen molar-refractivity contribution in [1.82, 2.24) is 9.55 Å². The molecule has 0 N–H and O–H groups in total. The maximum atomic E-state index is 13.4. The molecule has 0 saturated heterocycles. The summed E-state index contributed by atoms with van der Waals surface area (Å²) in [5.41, 5.74) is 2.80. The van der Waals surface area contributed by atoms with Gasteiger partial charge in [-0.3, -0.25) is 0 Å². The first-order valence-electron chi connectivity index (χ1n) is 7.30. The molecule has 1 aromatic carbocycles. The van der Waals surface area contributed by atoms with Crippen molar-refractivity contribution < 1.29 is 4.39 Å². The summed E-state index contributed by atoms with van der Waals surface area (Å²) in [6.07, 6.45) is 0. The number of aromatic nitrogens is 2. The van der Waals surface area contributed by atoms with Gasteiger partial charge in [0.15, 0.2) is 0 Å². The van der Waals surface area contributed by atoms with E-state index in [0.29, 0.717) is 5.82 Å². The Morgan fingerprint density at radius 2 is 1.65 bits per heavy atom. The molecule has 3 nitrogen and oxygen atoms in total. The largest absolute Gasteiger partial charge is 0.378 e. The summed E-state index contributed by atoms with van der Waals surface area (Å²) in [7, 11) is 5.82. The molecule has 0 saturated carbocycles. The first-order chi connectivity index (χ1) is 11.0. The molecule has 1 heterocycles. The Morgan fingerprint density at radius 1 is 1.00 bits per heavy atom. The Morgan fingerprint density at radius 3 is 2.30 bits per heavy atom. The normalized spacial score (nSPS) is 9.61. The molecule has 0 aliphatic heterocycles. The van der Waals surface area contributed by atoms with Crippen LogP contribution in [0.15, 0.2) is 48.5 Å². The molecule has 0 spiro atoms. The Labute approximate surface area is 136 Å². The van der Waals surface area contributed by atoms with Crippen LogP contribution in [0.4, 0.5) is 10.1 Å². The summed E-state index contributed by atoms with van der Waals surface area (Å²) in [5.74, 6) is 6.28. The number of aryl methyl sites for hydroxylation is 1. The predicted molar refractivity (Wildman–Crippen MR) is 92.3 cm³/mol. The van der Waals surface area contributed by atoms with Gasteiger partial charge in [-0.05, 0) is 49.2 Å².